The molecule has 0 bridgehead atoms. The average Bonchev–Trinajstić information content (AvgIpc) is 3.11. The third-order valence-electron chi connectivity index (χ3n) is 8.12. The summed E-state index contributed by atoms with van der Waals surface area (Å²) in [6.07, 6.45) is -17.0. The molecule has 19 heteroatoms. The highest BCUT2D eigenvalue weighted by Gasteiger charge is 2.46. The predicted molar refractivity (Wildman–Crippen MR) is 163 cm³/mol. The number of carboxylic acid groups (broad SMARTS) is 1. The van der Waals surface area contributed by atoms with Crippen LogP contribution in [0.3, 0.4) is 0 Å². The van der Waals surface area contributed by atoms with Crippen LogP contribution in [0.4, 0.5) is 0 Å². The zero-order valence-corrected chi connectivity index (χ0v) is 26.8. The first kappa shape index (κ1) is 39.8. The molecule has 10 N–H and O–H groups in total. The Bertz CT molecular complexity index is 1350. The monoisotopic (exact) mass is 728 g/mol. The molecule has 2 saturated heterocycles. The predicted octanol–water partition coefficient (Wildman–Crippen LogP) is -3.57. The van der Waals surface area contributed by atoms with Crippen LogP contribution in [0.15, 0.2) is 48.5 Å². The summed E-state index contributed by atoms with van der Waals surface area (Å²) < 4.78 is 31.6. The molecule has 2 aliphatic heterocycles. The van der Waals surface area contributed by atoms with Crippen LogP contribution in [0.25, 0.3) is 0 Å². The van der Waals surface area contributed by atoms with E-state index in [1.54, 1.807) is 0 Å². The van der Waals surface area contributed by atoms with E-state index in [1.165, 1.54) is 48.5 Å². The van der Waals surface area contributed by atoms with Crippen LogP contribution < -0.4 is 9.47 Å². The van der Waals surface area contributed by atoms with Gasteiger partial charge >= 0.3 is 17.9 Å². The molecule has 2 aromatic rings. The first-order valence-electron chi connectivity index (χ1n) is 15.5. The van der Waals surface area contributed by atoms with Gasteiger partial charge in [0.15, 0.2) is 5.60 Å². The summed E-state index contributed by atoms with van der Waals surface area (Å²) in [5, 5.41) is 98.5. The van der Waals surface area contributed by atoms with E-state index >= 15 is 0 Å². The number of carbonyl (C=O) groups is 3. The molecule has 19 nitrogen and oxygen atoms in total. The van der Waals surface area contributed by atoms with Gasteiger partial charge in [-0.2, -0.15) is 0 Å². The minimum Gasteiger partial charge on any atom is -0.479 e. The van der Waals surface area contributed by atoms with Crippen molar-refractivity contribution in [3.8, 4) is 11.5 Å². The minimum absolute atomic E-state index is 0.144. The topological polar surface area (TPSA) is 309 Å². The quantitative estimate of drug-likeness (QED) is 0.0793. The molecule has 0 aromatic heterocycles. The highest BCUT2D eigenvalue weighted by Crippen LogP contribution is 2.27. The van der Waals surface area contributed by atoms with Crippen LogP contribution in [0.5, 0.6) is 11.5 Å². The molecule has 0 radical (unpaired) electrons. The van der Waals surface area contributed by atoms with Gasteiger partial charge in [-0.25, -0.2) is 4.79 Å². The van der Waals surface area contributed by atoms with Crippen molar-refractivity contribution in [3.63, 3.8) is 0 Å². The van der Waals surface area contributed by atoms with E-state index in [2.05, 4.69) is 0 Å². The van der Waals surface area contributed by atoms with E-state index in [1.807, 2.05) is 0 Å². The first-order valence-corrected chi connectivity index (χ1v) is 15.5. The molecule has 0 aliphatic carbocycles. The van der Waals surface area contributed by atoms with Crippen LogP contribution in [-0.4, -0.2) is 149 Å². The fourth-order valence-electron chi connectivity index (χ4n) is 5.05. The number of esters is 2. The van der Waals surface area contributed by atoms with Crippen LogP contribution in [-0.2, 0) is 46.5 Å². The largest absolute Gasteiger partial charge is 0.479 e. The molecule has 4 rings (SSSR count). The summed E-state index contributed by atoms with van der Waals surface area (Å²) in [4.78, 5) is 36.7. The Morgan fingerprint density at radius 1 is 0.588 bits per heavy atom. The summed E-state index contributed by atoms with van der Waals surface area (Å²) in [5.74, 6) is -3.88. The van der Waals surface area contributed by atoms with Crippen molar-refractivity contribution >= 4 is 17.9 Å². The zero-order chi connectivity index (χ0) is 37.5. The molecule has 2 fully saturated rings. The van der Waals surface area contributed by atoms with E-state index in [4.69, 9.17) is 28.4 Å². The van der Waals surface area contributed by atoms with E-state index in [0.29, 0.717) is 11.1 Å². The van der Waals surface area contributed by atoms with Crippen molar-refractivity contribution in [1.82, 2.24) is 0 Å². The highest BCUT2D eigenvalue weighted by molar-refractivity contribution is 5.89. The number of aliphatic carboxylic acids is 1. The Kier molecular flexibility index (Phi) is 13.6. The fraction of sp³-hybridized carbons (Fsp3) is 0.531. The van der Waals surface area contributed by atoms with Gasteiger partial charge in [-0.1, -0.05) is 24.3 Å². The number of hydrogen-bond donors (Lipinski definition) is 10. The van der Waals surface area contributed by atoms with Gasteiger partial charge < -0.3 is 79.5 Å². The molecule has 1 unspecified atom stereocenters. The van der Waals surface area contributed by atoms with Gasteiger partial charge in [0, 0.05) is 0 Å². The van der Waals surface area contributed by atoms with Gasteiger partial charge in [0.1, 0.15) is 73.5 Å². The molecular formula is C32H40O19. The Labute approximate surface area is 289 Å². The van der Waals surface area contributed by atoms with Crippen molar-refractivity contribution in [2.45, 2.75) is 93.1 Å². The number of ether oxygens (including phenoxy) is 6. The molecule has 282 valence electrons. The van der Waals surface area contributed by atoms with Crippen LogP contribution in [0.2, 0.25) is 0 Å². The molecule has 51 heavy (non-hydrogen) atoms. The summed E-state index contributed by atoms with van der Waals surface area (Å²) in [6.45, 7) is -2.01. The number of benzene rings is 2. The summed E-state index contributed by atoms with van der Waals surface area (Å²) >= 11 is 0. The van der Waals surface area contributed by atoms with Crippen molar-refractivity contribution in [3.05, 3.63) is 59.7 Å². The number of aliphatic hydroxyl groups is 9. The van der Waals surface area contributed by atoms with E-state index < -0.39 is 111 Å². The lowest BCUT2D eigenvalue weighted by Crippen LogP contribution is -2.60. The van der Waals surface area contributed by atoms with Gasteiger partial charge in [-0.15, -0.1) is 0 Å². The summed E-state index contributed by atoms with van der Waals surface area (Å²) in [7, 11) is 0. The smallest absolute Gasteiger partial charge is 0.336 e. The fourth-order valence-corrected chi connectivity index (χ4v) is 5.05. The third-order valence-corrected chi connectivity index (χ3v) is 8.12. The summed E-state index contributed by atoms with van der Waals surface area (Å²) in [5.41, 5.74) is -2.07. The number of aliphatic hydroxyl groups excluding tert-OH is 8. The standard InChI is InChI=1S/C32H40O19/c33-11-19-23(37)25(39)27(41)29(50-19)48-17-5-1-15(2-6-17)13-46-21(35)9-32(45,31(43)44)10-22(36)47-14-16-3-7-18(8-4-16)49-30-28(42)26(40)24(38)20(12-34)51-30/h1-8,19-20,23-30,33-34,37-42,45H,9-14H2,(H,43,44)/t19-,20+,23-,24+,25+,26-,27-,28-,29-,30+,32?/m0/s1. The summed E-state index contributed by atoms with van der Waals surface area (Å²) in [6, 6.07) is 11.4. The second kappa shape index (κ2) is 17.5. The van der Waals surface area contributed by atoms with E-state index in [9.17, 15) is 65.4 Å². The Morgan fingerprint density at radius 3 is 1.25 bits per heavy atom. The van der Waals surface area contributed by atoms with Gasteiger partial charge in [0.25, 0.3) is 0 Å². The lowest BCUT2D eigenvalue weighted by Gasteiger charge is -2.39. The molecular weight excluding hydrogens is 688 g/mol. The van der Waals surface area contributed by atoms with Crippen LogP contribution >= 0.6 is 0 Å². The first-order chi connectivity index (χ1) is 24.1. The van der Waals surface area contributed by atoms with E-state index in [0.717, 1.165) is 0 Å². The number of hydrogen-bond acceptors (Lipinski definition) is 18. The Balaban J connectivity index is 1.23. The lowest BCUT2D eigenvalue weighted by atomic mass is 9.96. The van der Waals surface area contributed by atoms with Crippen molar-refractivity contribution in [1.29, 1.82) is 0 Å². The molecule has 11 atom stereocenters. The minimum atomic E-state index is -2.86. The lowest BCUT2D eigenvalue weighted by molar-refractivity contribution is -0.277. The van der Waals surface area contributed by atoms with Crippen molar-refractivity contribution < 1.29 is 93.9 Å². The zero-order valence-electron chi connectivity index (χ0n) is 26.8. The Morgan fingerprint density at radius 2 is 0.941 bits per heavy atom. The maximum atomic E-state index is 12.4. The second-order valence-electron chi connectivity index (χ2n) is 11.9. The number of rotatable bonds is 15. The number of carbonyl (C=O) groups excluding carboxylic acids is 2. The van der Waals surface area contributed by atoms with Gasteiger partial charge in [-0.05, 0) is 35.4 Å². The van der Waals surface area contributed by atoms with Crippen molar-refractivity contribution in [2.75, 3.05) is 13.2 Å². The van der Waals surface area contributed by atoms with Gasteiger partial charge in [0.05, 0.1) is 26.1 Å². The van der Waals surface area contributed by atoms with Gasteiger partial charge in [0.2, 0.25) is 12.6 Å². The molecule has 2 heterocycles. The SMILES string of the molecule is O=C(CC(O)(CC(=O)OCc1ccc(O[C@H]2O[C@@H](CO)[C@H](O)[C@@H](O)[C@@H]2O)cc1)C(=O)O)OCc1ccc(O[C@@H]2O[C@H](CO)[C@@H](O)[C@H](O)[C@@H]2O)cc1. The number of carboxylic acids is 1. The highest BCUT2D eigenvalue weighted by atomic mass is 16.7. The maximum Gasteiger partial charge on any atom is 0.336 e. The van der Waals surface area contributed by atoms with Crippen LogP contribution in [0.1, 0.15) is 24.0 Å². The molecule has 0 spiro atoms. The molecule has 2 aliphatic rings. The third kappa shape index (κ3) is 10.1. The maximum absolute atomic E-state index is 12.4. The van der Waals surface area contributed by atoms with E-state index in [-0.39, 0.29) is 24.7 Å². The van der Waals surface area contributed by atoms with Crippen LogP contribution in [0, 0.1) is 0 Å². The van der Waals surface area contributed by atoms with Gasteiger partial charge in [-0.3, -0.25) is 9.59 Å². The molecule has 0 saturated carbocycles. The van der Waals surface area contributed by atoms with Crippen molar-refractivity contribution in [2.24, 2.45) is 0 Å². The normalized spacial score (nSPS) is 30.5. The molecule has 2 aromatic carbocycles. The second-order valence-corrected chi connectivity index (χ2v) is 11.9. The molecule has 0 amide bonds. The Hall–Kier alpha value is -3.99. The average molecular weight is 729 g/mol.